The SMILES string of the molecule is c1ccc(-c2ccc(N(c3ccccc3)c3ccc4c(c3)c3ccccc3n4-c3ccc(-c4c5ccccc5c(-c5ccc(-n6c7ccccc7c7cc(N(c8ccccc8)c8ccc(-c9ccccc9)cc8)ccc76)cc5)c5ccccc45)cc3)cc2)cc1. The van der Waals surface area contributed by atoms with E-state index in [0.29, 0.717) is 0 Å². The Kier molecular flexibility index (Phi) is 12.8. The minimum absolute atomic E-state index is 1.10. The molecule has 0 bridgehead atoms. The third-order valence-electron chi connectivity index (χ3n) is 18.1. The maximum atomic E-state index is 2.42. The summed E-state index contributed by atoms with van der Waals surface area (Å²) in [5.41, 5.74) is 23.1. The van der Waals surface area contributed by atoms with Gasteiger partial charge in [-0.3, -0.25) is 0 Å². The summed E-state index contributed by atoms with van der Waals surface area (Å²) < 4.78 is 4.85. The van der Waals surface area contributed by atoms with Crippen LogP contribution in [0.1, 0.15) is 0 Å². The number of anilines is 6. The smallest absolute Gasteiger partial charge is 0.0542 e. The van der Waals surface area contributed by atoms with Gasteiger partial charge in [0.2, 0.25) is 0 Å². The van der Waals surface area contributed by atoms with Gasteiger partial charge in [0.15, 0.2) is 0 Å². The van der Waals surface area contributed by atoms with Crippen LogP contribution in [-0.4, -0.2) is 9.13 Å². The van der Waals surface area contributed by atoms with Crippen LogP contribution in [0.4, 0.5) is 34.1 Å². The highest BCUT2D eigenvalue weighted by Crippen LogP contribution is 2.47. The molecule has 0 fully saturated rings. The van der Waals surface area contributed by atoms with Crippen LogP contribution >= 0.6 is 0 Å². The maximum absolute atomic E-state index is 2.42. The van der Waals surface area contributed by atoms with Gasteiger partial charge in [-0.1, -0.05) is 231 Å². The second kappa shape index (κ2) is 22.1. The third-order valence-corrected chi connectivity index (χ3v) is 18.1. The van der Waals surface area contributed by atoms with Gasteiger partial charge in [0.1, 0.15) is 0 Å². The van der Waals surface area contributed by atoms with Gasteiger partial charge in [-0.15, -0.1) is 0 Å². The fourth-order valence-corrected chi connectivity index (χ4v) is 14.0. The second-order valence-electron chi connectivity index (χ2n) is 23.2. The van der Waals surface area contributed by atoms with E-state index in [1.165, 1.54) is 98.6 Å². The first-order chi connectivity index (χ1) is 44.7. The van der Waals surface area contributed by atoms with Crippen molar-refractivity contribution in [3.05, 3.63) is 352 Å². The molecule has 0 aliphatic rings. The van der Waals surface area contributed by atoms with Gasteiger partial charge < -0.3 is 18.9 Å². The van der Waals surface area contributed by atoms with Crippen molar-refractivity contribution < 1.29 is 0 Å². The predicted octanol–water partition coefficient (Wildman–Crippen LogP) is 23.8. The largest absolute Gasteiger partial charge is 0.310 e. The van der Waals surface area contributed by atoms with E-state index in [1.54, 1.807) is 0 Å². The van der Waals surface area contributed by atoms with Gasteiger partial charge in [0, 0.05) is 67.0 Å². The number of para-hydroxylation sites is 4. The Hall–Kier alpha value is -12.0. The summed E-state index contributed by atoms with van der Waals surface area (Å²) in [5, 5.41) is 9.71. The summed E-state index contributed by atoms with van der Waals surface area (Å²) in [4.78, 5) is 4.72. The monoisotopic (exact) mass is 1150 g/mol. The van der Waals surface area contributed by atoms with Crippen LogP contribution in [0.3, 0.4) is 0 Å². The van der Waals surface area contributed by atoms with Crippen LogP contribution < -0.4 is 9.80 Å². The van der Waals surface area contributed by atoms with E-state index in [9.17, 15) is 0 Å². The van der Waals surface area contributed by atoms with E-state index >= 15 is 0 Å². The molecule has 90 heavy (non-hydrogen) atoms. The lowest BCUT2D eigenvalue weighted by Gasteiger charge is -2.26. The molecule has 0 radical (unpaired) electrons. The molecule has 0 spiro atoms. The summed E-state index contributed by atoms with van der Waals surface area (Å²) >= 11 is 0. The molecule has 0 saturated carbocycles. The van der Waals surface area contributed by atoms with Crippen LogP contribution in [0, 0.1) is 0 Å². The van der Waals surface area contributed by atoms with Crippen molar-refractivity contribution in [2.75, 3.05) is 9.80 Å². The van der Waals surface area contributed by atoms with E-state index in [1.807, 2.05) is 0 Å². The fraction of sp³-hybridized carbons (Fsp3) is 0. The number of fused-ring (bicyclic) bond motifs is 8. The lowest BCUT2D eigenvalue weighted by Crippen LogP contribution is -2.09. The number of aromatic nitrogens is 2. The quantitative estimate of drug-likeness (QED) is 0.113. The first-order valence-corrected chi connectivity index (χ1v) is 30.9. The Bertz CT molecular complexity index is 5080. The molecule has 0 aliphatic carbocycles. The number of benzene rings is 15. The van der Waals surface area contributed by atoms with Gasteiger partial charge >= 0.3 is 0 Å². The summed E-state index contributed by atoms with van der Waals surface area (Å²) in [7, 11) is 0. The van der Waals surface area contributed by atoms with E-state index in [0.717, 1.165) is 56.5 Å². The van der Waals surface area contributed by atoms with Crippen LogP contribution in [-0.2, 0) is 0 Å². The van der Waals surface area contributed by atoms with Crippen molar-refractivity contribution >= 4 is 99.3 Å². The summed E-state index contributed by atoms with van der Waals surface area (Å²) in [6, 6.07) is 128. The lowest BCUT2D eigenvalue weighted by molar-refractivity contribution is 1.18. The molecule has 17 rings (SSSR count). The second-order valence-corrected chi connectivity index (χ2v) is 23.2. The molecule has 4 nitrogen and oxygen atoms in total. The Morgan fingerprint density at radius 2 is 0.422 bits per heavy atom. The van der Waals surface area contributed by atoms with Gasteiger partial charge in [-0.05, 0) is 187 Å². The van der Waals surface area contributed by atoms with Crippen LogP contribution in [0.2, 0.25) is 0 Å². The van der Waals surface area contributed by atoms with Gasteiger partial charge in [0.05, 0.1) is 22.1 Å². The molecule has 422 valence electrons. The highest BCUT2D eigenvalue weighted by Gasteiger charge is 2.22. The molecule has 15 aromatic carbocycles. The molecule has 0 saturated heterocycles. The minimum atomic E-state index is 1.10. The minimum Gasteiger partial charge on any atom is -0.310 e. The van der Waals surface area contributed by atoms with Crippen molar-refractivity contribution in [3.8, 4) is 55.9 Å². The molecule has 2 aromatic heterocycles. The van der Waals surface area contributed by atoms with Crippen molar-refractivity contribution in [1.29, 1.82) is 0 Å². The van der Waals surface area contributed by atoms with E-state index < -0.39 is 0 Å². The van der Waals surface area contributed by atoms with Gasteiger partial charge in [-0.2, -0.15) is 0 Å². The number of nitrogens with zero attached hydrogens (tertiary/aromatic N) is 4. The van der Waals surface area contributed by atoms with Gasteiger partial charge in [-0.25, -0.2) is 0 Å². The van der Waals surface area contributed by atoms with E-state index in [-0.39, 0.29) is 0 Å². The van der Waals surface area contributed by atoms with E-state index in [4.69, 9.17) is 0 Å². The van der Waals surface area contributed by atoms with Crippen molar-refractivity contribution in [2.45, 2.75) is 0 Å². The normalized spacial score (nSPS) is 11.6. The molecule has 0 aliphatic heterocycles. The Morgan fingerprint density at radius 3 is 0.778 bits per heavy atom. The Balaban J connectivity index is 0.722. The zero-order chi connectivity index (χ0) is 59.5. The van der Waals surface area contributed by atoms with E-state index in [2.05, 4.69) is 371 Å². The predicted molar refractivity (Wildman–Crippen MR) is 381 cm³/mol. The highest BCUT2D eigenvalue weighted by atomic mass is 15.1. The Morgan fingerprint density at radius 1 is 0.167 bits per heavy atom. The molecular formula is C86H58N4. The molecule has 0 unspecified atom stereocenters. The number of rotatable bonds is 12. The zero-order valence-electron chi connectivity index (χ0n) is 49.3. The van der Waals surface area contributed by atoms with Crippen molar-refractivity contribution in [1.82, 2.24) is 9.13 Å². The summed E-state index contributed by atoms with van der Waals surface area (Å²) in [6.45, 7) is 0. The molecular weight excluding hydrogens is 1090 g/mol. The number of hydrogen-bond acceptors (Lipinski definition) is 2. The van der Waals surface area contributed by atoms with Crippen LogP contribution in [0.5, 0.6) is 0 Å². The number of hydrogen-bond donors (Lipinski definition) is 0. The summed E-state index contributed by atoms with van der Waals surface area (Å²) in [5.74, 6) is 0. The first-order valence-electron chi connectivity index (χ1n) is 30.9. The topological polar surface area (TPSA) is 16.3 Å². The molecule has 0 atom stereocenters. The zero-order valence-corrected chi connectivity index (χ0v) is 49.3. The van der Waals surface area contributed by atoms with Crippen LogP contribution in [0.25, 0.3) is 121 Å². The summed E-state index contributed by atoms with van der Waals surface area (Å²) in [6.07, 6.45) is 0. The molecule has 0 amide bonds. The fourth-order valence-electron chi connectivity index (χ4n) is 14.0. The van der Waals surface area contributed by atoms with Crippen molar-refractivity contribution in [3.63, 3.8) is 0 Å². The average molecular weight is 1150 g/mol. The molecule has 17 aromatic rings. The first kappa shape index (κ1) is 52.4. The van der Waals surface area contributed by atoms with Gasteiger partial charge in [0.25, 0.3) is 0 Å². The van der Waals surface area contributed by atoms with Crippen molar-refractivity contribution in [2.24, 2.45) is 0 Å². The lowest BCUT2D eigenvalue weighted by atomic mass is 9.86. The maximum Gasteiger partial charge on any atom is 0.0542 e. The molecule has 2 heterocycles. The highest BCUT2D eigenvalue weighted by molar-refractivity contribution is 6.22. The standard InChI is InChI=1S/C86H58N4/c1-5-21-59(22-6-1)61-37-45-67(46-38-61)87(65-25-9-3-10-26-65)71-53-55-83-79(57-71)73-29-17-19-35-81(73)89(83)69-49-41-63(42-50-69)85-75-31-13-15-33-77(75)86(78-34-16-14-32-76(78)85)64-43-51-70(52-44-64)90-82-36-20-18-30-74(82)80-58-72(54-56-84(80)90)88(66-27-11-4-12-28-66)68-47-39-62(40-48-68)60-23-7-2-8-24-60/h1-58H. The average Bonchev–Trinajstić information content (AvgIpc) is 1.25. The van der Waals surface area contributed by atoms with Crippen LogP contribution in [0.15, 0.2) is 352 Å². The molecule has 0 N–H and O–H groups in total. The Labute approximate surface area is 522 Å². The molecule has 4 heteroatoms. The third kappa shape index (κ3) is 9.00.